The molecule has 64 valence electrons. The summed E-state index contributed by atoms with van der Waals surface area (Å²) in [4.78, 5) is 0. The van der Waals surface area contributed by atoms with Gasteiger partial charge in [0.05, 0.1) is 6.10 Å². The summed E-state index contributed by atoms with van der Waals surface area (Å²) in [6, 6.07) is 0. The van der Waals surface area contributed by atoms with Crippen LogP contribution < -0.4 is 5.32 Å². The fourth-order valence-corrected chi connectivity index (χ4v) is 2.65. The van der Waals surface area contributed by atoms with Crippen molar-refractivity contribution in [3.63, 3.8) is 0 Å². The van der Waals surface area contributed by atoms with Crippen molar-refractivity contribution in [3.05, 3.63) is 0 Å². The third kappa shape index (κ3) is 1.19. The first-order valence-corrected chi connectivity index (χ1v) is 5.45. The minimum absolute atomic E-state index is 0.0567. The summed E-state index contributed by atoms with van der Waals surface area (Å²) in [5, 5.41) is 13.1. The SMILES string of the molecule is CSC1(C(O)C2CNC2)CC1. The lowest BCUT2D eigenvalue weighted by Crippen LogP contribution is -2.52. The zero-order chi connectivity index (χ0) is 7.90. The normalized spacial score (nSPS) is 31.1. The van der Waals surface area contributed by atoms with Gasteiger partial charge >= 0.3 is 0 Å². The summed E-state index contributed by atoms with van der Waals surface area (Å²) in [5.41, 5.74) is 0. The Hall–Kier alpha value is 0.270. The first-order valence-electron chi connectivity index (χ1n) is 4.22. The van der Waals surface area contributed by atoms with Crippen molar-refractivity contribution < 1.29 is 5.11 Å². The van der Waals surface area contributed by atoms with Gasteiger partial charge in [-0.3, -0.25) is 0 Å². The van der Waals surface area contributed by atoms with E-state index in [4.69, 9.17) is 0 Å². The minimum Gasteiger partial charge on any atom is -0.391 e. The minimum atomic E-state index is -0.0567. The summed E-state index contributed by atoms with van der Waals surface area (Å²) < 4.78 is 0.257. The van der Waals surface area contributed by atoms with E-state index in [2.05, 4.69) is 11.6 Å². The van der Waals surface area contributed by atoms with Crippen LogP contribution in [0.4, 0.5) is 0 Å². The van der Waals surface area contributed by atoms with E-state index in [0.29, 0.717) is 5.92 Å². The second kappa shape index (κ2) is 2.64. The van der Waals surface area contributed by atoms with E-state index >= 15 is 0 Å². The average Bonchev–Trinajstić information content (AvgIpc) is 2.63. The van der Waals surface area contributed by atoms with Gasteiger partial charge in [-0.05, 0) is 19.1 Å². The van der Waals surface area contributed by atoms with Gasteiger partial charge in [-0.25, -0.2) is 0 Å². The zero-order valence-corrected chi connectivity index (χ0v) is 7.66. The summed E-state index contributed by atoms with van der Waals surface area (Å²) in [6.45, 7) is 2.03. The van der Waals surface area contributed by atoms with Crippen LogP contribution in [-0.2, 0) is 0 Å². The van der Waals surface area contributed by atoms with Gasteiger partial charge in [-0.15, -0.1) is 0 Å². The van der Waals surface area contributed by atoms with E-state index in [1.54, 1.807) is 0 Å². The largest absolute Gasteiger partial charge is 0.391 e. The first kappa shape index (κ1) is 7.90. The van der Waals surface area contributed by atoms with Gasteiger partial charge in [-0.1, -0.05) is 0 Å². The molecule has 1 saturated heterocycles. The van der Waals surface area contributed by atoms with Crippen LogP contribution in [0.25, 0.3) is 0 Å². The number of hydrogen-bond acceptors (Lipinski definition) is 3. The molecule has 11 heavy (non-hydrogen) atoms. The van der Waals surface area contributed by atoms with Crippen LogP contribution in [0, 0.1) is 5.92 Å². The van der Waals surface area contributed by atoms with Gasteiger partial charge in [0.15, 0.2) is 0 Å². The van der Waals surface area contributed by atoms with Crippen LogP contribution >= 0.6 is 11.8 Å². The zero-order valence-electron chi connectivity index (χ0n) is 6.84. The van der Waals surface area contributed by atoms with Crippen molar-refractivity contribution >= 4 is 11.8 Å². The van der Waals surface area contributed by atoms with Crippen molar-refractivity contribution in [2.75, 3.05) is 19.3 Å². The lowest BCUT2D eigenvalue weighted by atomic mass is 9.93. The average molecular weight is 173 g/mol. The maximum atomic E-state index is 9.90. The molecule has 2 nitrogen and oxygen atoms in total. The molecule has 2 aliphatic rings. The molecule has 2 N–H and O–H groups in total. The summed E-state index contributed by atoms with van der Waals surface area (Å²) in [7, 11) is 0. The second-order valence-electron chi connectivity index (χ2n) is 3.63. The molecule has 3 heteroatoms. The predicted molar refractivity (Wildman–Crippen MR) is 47.8 cm³/mol. The number of nitrogens with one attached hydrogen (secondary N) is 1. The Morgan fingerprint density at radius 2 is 2.18 bits per heavy atom. The van der Waals surface area contributed by atoms with Gasteiger partial charge in [-0.2, -0.15) is 11.8 Å². The Bertz CT molecular complexity index is 154. The summed E-state index contributed by atoms with van der Waals surface area (Å²) in [6.07, 6.45) is 4.48. The van der Waals surface area contributed by atoms with Crippen molar-refractivity contribution in [2.45, 2.75) is 23.7 Å². The third-order valence-corrected chi connectivity index (χ3v) is 4.41. The topological polar surface area (TPSA) is 32.3 Å². The quantitative estimate of drug-likeness (QED) is 0.650. The highest BCUT2D eigenvalue weighted by molar-refractivity contribution is 8.00. The van der Waals surface area contributed by atoms with Gasteiger partial charge < -0.3 is 10.4 Å². The molecule has 0 bridgehead atoms. The number of aliphatic hydroxyl groups excluding tert-OH is 1. The molecule has 1 aliphatic heterocycles. The molecule has 0 radical (unpaired) electrons. The lowest BCUT2D eigenvalue weighted by Gasteiger charge is -2.35. The molecular formula is C8H15NOS. The first-order chi connectivity index (χ1) is 5.28. The third-order valence-electron chi connectivity index (χ3n) is 2.95. The Morgan fingerprint density at radius 3 is 2.45 bits per heavy atom. The molecule has 2 rings (SSSR count). The van der Waals surface area contributed by atoms with E-state index in [1.807, 2.05) is 11.8 Å². The maximum absolute atomic E-state index is 9.90. The van der Waals surface area contributed by atoms with E-state index in [1.165, 1.54) is 12.8 Å². The Labute approximate surface area is 71.7 Å². The van der Waals surface area contributed by atoms with Crippen LogP contribution in [-0.4, -0.2) is 35.3 Å². The number of aliphatic hydroxyl groups is 1. The van der Waals surface area contributed by atoms with Crippen molar-refractivity contribution in [1.82, 2.24) is 5.32 Å². The summed E-state index contributed by atoms with van der Waals surface area (Å²) >= 11 is 1.85. The Balaban J connectivity index is 1.92. The highest BCUT2D eigenvalue weighted by Crippen LogP contribution is 2.52. The predicted octanol–water partition coefficient (Wildman–Crippen LogP) is 0.462. The Kier molecular flexibility index (Phi) is 1.90. The standard InChI is InChI=1S/C8H15NOS/c1-11-8(2-3-8)7(10)6-4-9-5-6/h6-7,9-10H,2-5H2,1H3. The molecule has 0 aromatic rings. The van der Waals surface area contributed by atoms with Gasteiger partial charge in [0.25, 0.3) is 0 Å². The molecule has 1 saturated carbocycles. The van der Waals surface area contributed by atoms with Crippen LogP contribution in [0.15, 0.2) is 0 Å². The second-order valence-corrected chi connectivity index (χ2v) is 4.85. The molecule has 0 amide bonds. The lowest BCUT2D eigenvalue weighted by molar-refractivity contribution is 0.0689. The molecule has 0 aromatic carbocycles. The molecule has 1 atom stereocenters. The summed E-state index contributed by atoms with van der Waals surface area (Å²) in [5.74, 6) is 0.532. The number of thioether (sulfide) groups is 1. The fourth-order valence-electron chi connectivity index (χ4n) is 1.71. The number of rotatable bonds is 3. The van der Waals surface area contributed by atoms with E-state index < -0.39 is 0 Å². The van der Waals surface area contributed by atoms with Gasteiger partial charge in [0.2, 0.25) is 0 Å². The van der Waals surface area contributed by atoms with Crippen LogP contribution in [0.1, 0.15) is 12.8 Å². The van der Waals surface area contributed by atoms with E-state index in [-0.39, 0.29) is 10.9 Å². The van der Waals surface area contributed by atoms with E-state index in [0.717, 1.165) is 13.1 Å². The maximum Gasteiger partial charge on any atom is 0.0739 e. The molecule has 1 aliphatic carbocycles. The van der Waals surface area contributed by atoms with Crippen LogP contribution in [0.3, 0.4) is 0 Å². The Morgan fingerprint density at radius 1 is 1.55 bits per heavy atom. The van der Waals surface area contributed by atoms with Gasteiger partial charge in [0.1, 0.15) is 0 Å². The molecule has 1 unspecified atom stereocenters. The molecule has 2 fully saturated rings. The highest BCUT2D eigenvalue weighted by atomic mass is 32.2. The van der Waals surface area contributed by atoms with E-state index in [9.17, 15) is 5.11 Å². The monoisotopic (exact) mass is 173 g/mol. The smallest absolute Gasteiger partial charge is 0.0739 e. The van der Waals surface area contributed by atoms with Crippen molar-refractivity contribution in [2.24, 2.45) is 5.92 Å². The van der Waals surface area contributed by atoms with Gasteiger partial charge in [0, 0.05) is 23.8 Å². The van der Waals surface area contributed by atoms with Crippen molar-refractivity contribution in [1.29, 1.82) is 0 Å². The molecule has 0 aromatic heterocycles. The van der Waals surface area contributed by atoms with Crippen LogP contribution in [0.2, 0.25) is 0 Å². The van der Waals surface area contributed by atoms with Crippen molar-refractivity contribution in [3.8, 4) is 0 Å². The molecular weight excluding hydrogens is 158 g/mol. The molecule has 0 spiro atoms. The fraction of sp³-hybridized carbons (Fsp3) is 1.00. The number of hydrogen-bond donors (Lipinski definition) is 2. The van der Waals surface area contributed by atoms with Crippen LogP contribution in [0.5, 0.6) is 0 Å². The highest BCUT2D eigenvalue weighted by Gasteiger charge is 2.51. The molecule has 1 heterocycles.